The van der Waals surface area contributed by atoms with E-state index in [0.717, 1.165) is 24.1 Å². The van der Waals surface area contributed by atoms with E-state index in [-0.39, 0.29) is 36.9 Å². The number of carbonyl (C=O) groups excluding carboxylic acids is 1. The molecule has 1 aliphatic rings. The highest BCUT2D eigenvalue weighted by atomic mass is 35.5. The third-order valence-electron chi connectivity index (χ3n) is 6.93. The van der Waals surface area contributed by atoms with Gasteiger partial charge >= 0.3 is 5.97 Å². The summed E-state index contributed by atoms with van der Waals surface area (Å²) >= 11 is 12.6. The van der Waals surface area contributed by atoms with Gasteiger partial charge in [0.1, 0.15) is 0 Å². The maximum Gasteiger partial charge on any atom is 0.305 e. The lowest BCUT2D eigenvalue weighted by Crippen LogP contribution is -2.28. The first kappa shape index (κ1) is 26.2. The summed E-state index contributed by atoms with van der Waals surface area (Å²) in [5.41, 5.74) is 5.27. The van der Waals surface area contributed by atoms with Crippen molar-refractivity contribution in [1.29, 1.82) is 0 Å². The SMILES string of the molecule is Cc1ccc([C@H]2C[C@@H](c3cc(Cl)cc(Cl)c3)CN2C(C)c2ccc(C(=O)NCCC(=O)O)cc2)cc1. The van der Waals surface area contributed by atoms with Crippen molar-refractivity contribution in [2.45, 2.75) is 44.7 Å². The largest absolute Gasteiger partial charge is 0.481 e. The highest BCUT2D eigenvalue weighted by Gasteiger charge is 2.37. The lowest BCUT2D eigenvalue weighted by atomic mass is 9.93. The van der Waals surface area contributed by atoms with Gasteiger partial charge in [-0.3, -0.25) is 14.5 Å². The van der Waals surface area contributed by atoms with Gasteiger partial charge in [0.25, 0.3) is 5.91 Å². The standard InChI is InChI=1S/C29H30Cl2N2O3/c1-18-3-5-21(6-4-18)27-15-24(23-13-25(30)16-26(31)14-23)17-33(27)19(2)20-7-9-22(10-8-20)29(36)32-12-11-28(34)35/h3-10,13-14,16,19,24,27H,11-12,15,17H2,1-2H3,(H,32,36)(H,34,35)/t19?,24-,27-/m1/s1. The minimum Gasteiger partial charge on any atom is -0.481 e. The molecule has 3 atom stereocenters. The van der Waals surface area contributed by atoms with E-state index in [1.165, 1.54) is 11.1 Å². The Bertz CT molecular complexity index is 1210. The molecule has 0 aliphatic carbocycles. The number of nitrogens with one attached hydrogen (secondary N) is 1. The Hall–Kier alpha value is -2.86. The van der Waals surface area contributed by atoms with Gasteiger partial charge in [-0.2, -0.15) is 0 Å². The van der Waals surface area contributed by atoms with Crippen LogP contribution >= 0.6 is 23.2 Å². The molecule has 3 aromatic carbocycles. The van der Waals surface area contributed by atoms with E-state index in [9.17, 15) is 9.59 Å². The Kier molecular flexibility index (Phi) is 8.35. The molecule has 1 unspecified atom stereocenters. The van der Waals surface area contributed by atoms with Crippen molar-refractivity contribution in [3.8, 4) is 0 Å². The zero-order valence-electron chi connectivity index (χ0n) is 20.4. The highest BCUT2D eigenvalue weighted by molar-refractivity contribution is 6.34. The van der Waals surface area contributed by atoms with Crippen molar-refractivity contribution < 1.29 is 14.7 Å². The molecule has 0 aromatic heterocycles. The number of nitrogens with zero attached hydrogens (tertiary/aromatic N) is 1. The monoisotopic (exact) mass is 524 g/mol. The first-order valence-electron chi connectivity index (χ1n) is 12.1. The topological polar surface area (TPSA) is 69.6 Å². The van der Waals surface area contributed by atoms with E-state index in [2.05, 4.69) is 48.3 Å². The molecule has 0 radical (unpaired) electrons. The summed E-state index contributed by atoms with van der Waals surface area (Å²) in [5.74, 6) is -0.923. The number of carbonyl (C=O) groups is 2. The minimum atomic E-state index is -0.938. The molecule has 0 saturated carbocycles. The van der Waals surface area contributed by atoms with Crippen LogP contribution < -0.4 is 5.32 Å². The van der Waals surface area contributed by atoms with Crippen molar-refractivity contribution in [3.05, 3.63) is 105 Å². The number of aryl methyl sites for hydroxylation is 1. The van der Waals surface area contributed by atoms with E-state index < -0.39 is 5.97 Å². The second-order valence-electron chi connectivity index (χ2n) is 9.46. The van der Waals surface area contributed by atoms with Crippen LogP contribution in [0.5, 0.6) is 0 Å². The second kappa shape index (κ2) is 11.5. The van der Waals surface area contributed by atoms with Gasteiger partial charge in [0.05, 0.1) is 6.42 Å². The number of carboxylic acids is 1. The molecule has 4 rings (SSSR count). The Balaban J connectivity index is 1.56. The fourth-order valence-electron chi connectivity index (χ4n) is 4.95. The Morgan fingerprint density at radius 3 is 2.25 bits per heavy atom. The van der Waals surface area contributed by atoms with Crippen molar-refractivity contribution in [3.63, 3.8) is 0 Å². The fraction of sp³-hybridized carbons (Fsp3) is 0.310. The van der Waals surface area contributed by atoms with Crippen LogP contribution in [0.4, 0.5) is 0 Å². The molecule has 7 heteroatoms. The summed E-state index contributed by atoms with van der Waals surface area (Å²) in [6, 6.07) is 22.4. The number of hydrogen-bond acceptors (Lipinski definition) is 3. The molecule has 3 aromatic rings. The predicted octanol–water partition coefficient (Wildman–Crippen LogP) is 6.80. The summed E-state index contributed by atoms with van der Waals surface area (Å²) in [4.78, 5) is 25.5. The van der Waals surface area contributed by atoms with Gasteiger partial charge in [0.2, 0.25) is 0 Å². The number of rotatable bonds is 8. The molecule has 1 fully saturated rings. The average molecular weight is 525 g/mol. The molecule has 1 saturated heterocycles. The molecule has 0 spiro atoms. The quantitative estimate of drug-likeness (QED) is 0.340. The first-order valence-corrected chi connectivity index (χ1v) is 12.8. The molecule has 0 bridgehead atoms. The van der Waals surface area contributed by atoms with E-state index in [4.69, 9.17) is 28.3 Å². The van der Waals surface area contributed by atoms with E-state index in [0.29, 0.717) is 15.6 Å². The normalized spacial score (nSPS) is 18.7. The Labute approximate surface area is 222 Å². The second-order valence-corrected chi connectivity index (χ2v) is 10.3. The average Bonchev–Trinajstić information content (AvgIpc) is 3.29. The smallest absolute Gasteiger partial charge is 0.305 e. The molecule has 1 aliphatic heterocycles. The van der Waals surface area contributed by atoms with Crippen LogP contribution in [0, 0.1) is 6.92 Å². The molecule has 5 nitrogen and oxygen atoms in total. The van der Waals surface area contributed by atoms with E-state index in [1.54, 1.807) is 18.2 Å². The molecule has 2 N–H and O–H groups in total. The van der Waals surface area contributed by atoms with Gasteiger partial charge in [-0.25, -0.2) is 0 Å². The first-order chi connectivity index (χ1) is 17.2. The zero-order chi connectivity index (χ0) is 25.8. The van der Waals surface area contributed by atoms with Crippen molar-refractivity contribution in [2.75, 3.05) is 13.1 Å². The summed E-state index contributed by atoms with van der Waals surface area (Å²) in [6.45, 7) is 5.24. The van der Waals surface area contributed by atoms with Gasteiger partial charge in [-0.05, 0) is 73.2 Å². The Morgan fingerprint density at radius 2 is 1.64 bits per heavy atom. The molecule has 1 heterocycles. The van der Waals surface area contributed by atoms with Crippen LogP contribution in [-0.4, -0.2) is 35.0 Å². The summed E-state index contributed by atoms with van der Waals surface area (Å²) in [7, 11) is 0. The van der Waals surface area contributed by atoms with Crippen molar-refractivity contribution in [2.24, 2.45) is 0 Å². The fourth-order valence-corrected chi connectivity index (χ4v) is 5.49. The molecular formula is C29H30Cl2N2O3. The molecule has 1 amide bonds. The lowest BCUT2D eigenvalue weighted by Gasteiger charge is -2.31. The maximum absolute atomic E-state index is 12.3. The van der Waals surface area contributed by atoms with Crippen LogP contribution in [0.3, 0.4) is 0 Å². The van der Waals surface area contributed by atoms with Crippen LogP contribution in [0.2, 0.25) is 10.0 Å². The van der Waals surface area contributed by atoms with Crippen LogP contribution in [-0.2, 0) is 4.79 Å². The van der Waals surface area contributed by atoms with Crippen LogP contribution in [0.15, 0.2) is 66.7 Å². The summed E-state index contributed by atoms with van der Waals surface area (Å²) < 4.78 is 0. The van der Waals surface area contributed by atoms with E-state index >= 15 is 0 Å². The number of amides is 1. The minimum absolute atomic E-state index is 0.102. The van der Waals surface area contributed by atoms with Gasteiger partial charge < -0.3 is 10.4 Å². The van der Waals surface area contributed by atoms with Gasteiger partial charge in [0, 0.05) is 40.8 Å². The highest BCUT2D eigenvalue weighted by Crippen LogP contribution is 2.45. The predicted molar refractivity (Wildman–Crippen MR) is 144 cm³/mol. The third kappa shape index (κ3) is 6.28. The van der Waals surface area contributed by atoms with Crippen molar-refractivity contribution in [1.82, 2.24) is 10.2 Å². The van der Waals surface area contributed by atoms with Gasteiger partial charge in [-0.15, -0.1) is 0 Å². The van der Waals surface area contributed by atoms with Crippen molar-refractivity contribution >= 4 is 35.1 Å². The number of halogens is 2. The number of carboxylic acid groups (broad SMARTS) is 1. The van der Waals surface area contributed by atoms with Gasteiger partial charge in [0.15, 0.2) is 0 Å². The van der Waals surface area contributed by atoms with Crippen LogP contribution in [0.1, 0.15) is 70.4 Å². The van der Waals surface area contributed by atoms with Gasteiger partial charge in [-0.1, -0.05) is 65.2 Å². The molecule has 188 valence electrons. The summed E-state index contributed by atoms with van der Waals surface area (Å²) in [5, 5.41) is 12.7. The molecule has 36 heavy (non-hydrogen) atoms. The lowest BCUT2D eigenvalue weighted by molar-refractivity contribution is -0.136. The van der Waals surface area contributed by atoms with Crippen LogP contribution in [0.25, 0.3) is 0 Å². The summed E-state index contributed by atoms with van der Waals surface area (Å²) in [6.07, 6.45) is 0.851. The zero-order valence-corrected chi connectivity index (χ0v) is 21.9. The third-order valence-corrected chi connectivity index (χ3v) is 7.37. The Morgan fingerprint density at radius 1 is 1.00 bits per heavy atom. The number of benzene rings is 3. The number of likely N-dealkylation sites (tertiary alicyclic amines) is 1. The number of aliphatic carboxylic acids is 1. The maximum atomic E-state index is 12.3. The van der Waals surface area contributed by atoms with E-state index in [1.807, 2.05) is 24.3 Å². The number of hydrogen-bond donors (Lipinski definition) is 2. The molecular weight excluding hydrogens is 495 g/mol.